The van der Waals surface area contributed by atoms with Crippen molar-refractivity contribution in [1.82, 2.24) is 9.80 Å². The Hall–Kier alpha value is -2.94. The molecule has 0 N–H and O–H groups in total. The highest BCUT2D eigenvalue weighted by atomic mass is 32.2. The third kappa shape index (κ3) is 5.06. The molecule has 3 heterocycles. The minimum absolute atomic E-state index is 0.0824. The van der Waals surface area contributed by atoms with Gasteiger partial charge in [0.05, 0.1) is 24.9 Å². The summed E-state index contributed by atoms with van der Waals surface area (Å²) in [5, 5.41) is 0. The Bertz CT molecular complexity index is 1320. The van der Waals surface area contributed by atoms with E-state index < -0.39 is 9.74 Å². The van der Waals surface area contributed by atoms with Crippen LogP contribution in [-0.4, -0.2) is 59.2 Å². The van der Waals surface area contributed by atoms with Crippen LogP contribution in [0, 0.1) is 0 Å². The van der Waals surface area contributed by atoms with E-state index in [1.807, 2.05) is 54.6 Å². The van der Waals surface area contributed by atoms with Gasteiger partial charge in [0.25, 0.3) is 11.8 Å². The topological polar surface area (TPSA) is 59.1 Å². The summed E-state index contributed by atoms with van der Waals surface area (Å²) in [7, 11) is 5.16. The Morgan fingerprint density at radius 1 is 0.769 bits per heavy atom. The van der Waals surface area contributed by atoms with Crippen LogP contribution in [0.2, 0.25) is 0 Å². The second-order valence-electron chi connectivity index (χ2n) is 9.96. The molecule has 0 aliphatic carbocycles. The van der Waals surface area contributed by atoms with E-state index in [4.69, 9.17) is 9.47 Å². The van der Waals surface area contributed by atoms with Crippen molar-refractivity contribution in [1.29, 1.82) is 0 Å². The lowest BCUT2D eigenvalue weighted by atomic mass is 9.97. The Morgan fingerprint density at radius 2 is 1.36 bits per heavy atom. The van der Waals surface area contributed by atoms with Crippen LogP contribution in [0.1, 0.15) is 33.8 Å². The van der Waals surface area contributed by atoms with Gasteiger partial charge in [-0.3, -0.25) is 9.59 Å². The number of hydrogen-bond donors (Lipinski definition) is 0. The summed E-state index contributed by atoms with van der Waals surface area (Å²) in [5.41, 5.74) is 4.30. The number of hydrogen-bond acceptors (Lipinski definition) is 6. The number of aryl methyl sites for hydroxylation is 1. The number of methoxy groups -OCH3 is 1. The predicted octanol–water partition coefficient (Wildman–Crippen LogP) is 5.52. The maximum absolute atomic E-state index is 14.4. The molecule has 3 aromatic carbocycles. The van der Waals surface area contributed by atoms with Gasteiger partial charge in [0.15, 0.2) is 9.74 Å². The van der Waals surface area contributed by atoms with Gasteiger partial charge in [-0.15, -0.1) is 23.5 Å². The SMILES string of the molecule is CCc1ccc(C[C@@]23SC(c4ccc(OC)cc4)S[C@@](COCc4ccccc4)(C(=O)N2C)N(C)C3=O)cc1. The molecule has 0 radical (unpaired) electrons. The van der Waals surface area contributed by atoms with Gasteiger partial charge < -0.3 is 19.3 Å². The summed E-state index contributed by atoms with van der Waals surface area (Å²) in [6.07, 6.45) is 1.36. The van der Waals surface area contributed by atoms with E-state index in [-0.39, 0.29) is 23.0 Å². The van der Waals surface area contributed by atoms with Crippen molar-refractivity contribution >= 4 is 35.3 Å². The van der Waals surface area contributed by atoms with Gasteiger partial charge >= 0.3 is 0 Å². The number of likely N-dealkylation sites (N-methyl/N-ethyl adjacent to an activating group) is 2. The second-order valence-corrected chi connectivity index (χ2v) is 13.0. The number of carbonyl (C=O) groups is 2. The first kappa shape index (κ1) is 27.6. The molecule has 204 valence electrons. The van der Waals surface area contributed by atoms with Gasteiger partial charge in [0, 0.05) is 20.5 Å². The van der Waals surface area contributed by atoms with E-state index in [1.165, 1.54) is 17.3 Å². The maximum atomic E-state index is 14.4. The standard InChI is InChI=1S/C31H34N2O4S2/c1-5-22-11-13-23(14-12-22)19-30-28(34)33(3)31(29(35)32(30)2,21-37-20-24-9-7-6-8-10-24)39-27(38-30)25-15-17-26(36-4)18-16-25/h6-18,27H,5,19-21H2,1-4H3/t27?,30-,31-/m0/s1. The highest BCUT2D eigenvalue weighted by Crippen LogP contribution is 2.61. The molecule has 1 unspecified atom stereocenters. The van der Waals surface area contributed by atoms with Crippen molar-refractivity contribution in [2.45, 2.75) is 40.7 Å². The molecule has 6 rings (SSSR count). The number of nitrogens with zero attached hydrogens (tertiary/aromatic N) is 2. The molecule has 2 bridgehead atoms. The zero-order valence-corrected chi connectivity index (χ0v) is 24.4. The van der Waals surface area contributed by atoms with Gasteiger partial charge in [0.2, 0.25) is 0 Å². The first-order valence-corrected chi connectivity index (χ1v) is 14.8. The largest absolute Gasteiger partial charge is 0.497 e. The van der Waals surface area contributed by atoms with Gasteiger partial charge in [-0.05, 0) is 40.8 Å². The smallest absolute Gasteiger partial charge is 0.262 e. The van der Waals surface area contributed by atoms with E-state index in [0.29, 0.717) is 13.0 Å². The average Bonchev–Trinajstić information content (AvgIpc) is 3.13. The number of carbonyl (C=O) groups excluding carboxylic acids is 2. The quantitative estimate of drug-likeness (QED) is 0.342. The zero-order chi connectivity index (χ0) is 27.6. The Morgan fingerprint density at radius 3 is 2.00 bits per heavy atom. The summed E-state index contributed by atoms with van der Waals surface area (Å²) in [6, 6.07) is 26.1. The van der Waals surface area contributed by atoms with Crippen LogP contribution in [0.5, 0.6) is 5.75 Å². The predicted molar refractivity (Wildman–Crippen MR) is 158 cm³/mol. The maximum Gasteiger partial charge on any atom is 0.262 e. The van der Waals surface area contributed by atoms with Crippen molar-refractivity contribution in [3.05, 3.63) is 101 Å². The minimum atomic E-state index is -1.19. The van der Waals surface area contributed by atoms with Gasteiger partial charge in [-0.1, -0.05) is 73.7 Å². The van der Waals surface area contributed by atoms with Crippen molar-refractivity contribution in [2.75, 3.05) is 27.8 Å². The number of fused-ring (bicyclic) bond motifs is 4. The van der Waals surface area contributed by atoms with E-state index in [0.717, 1.165) is 28.9 Å². The molecule has 0 spiro atoms. The van der Waals surface area contributed by atoms with Gasteiger partial charge in [-0.2, -0.15) is 0 Å². The van der Waals surface area contributed by atoms with Crippen molar-refractivity contribution in [3.63, 3.8) is 0 Å². The first-order chi connectivity index (χ1) is 18.8. The van der Waals surface area contributed by atoms with Crippen LogP contribution in [-0.2, 0) is 33.8 Å². The van der Waals surface area contributed by atoms with Crippen molar-refractivity contribution in [2.24, 2.45) is 0 Å². The summed E-state index contributed by atoms with van der Waals surface area (Å²) in [6.45, 7) is 2.57. The van der Waals surface area contributed by atoms with Crippen molar-refractivity contribution in [3.8, 4) is 5.75 Å². The summed E-state index contributed by atoms with van der Waals surface area (Å²) < 4.78 is 11.4. The lowest BCUT2D eigenvalue weighted by Gasteiger charge is -2.51. The molecule has 6 nitrogen and oxygen atoms in total. The number of benzene rings is 3. The molecule has 2 amide bonds. The van der Waals surface area contributed by atoms with Crippen LogP contribution >= 0.6 is 23.5 Å². The second kappa shape index (κ2) is 11.3. The highest BCUT2D eigenvalue weighted by molar-refractivity contribution is 8.18. The molecule has 3 fully saturated rings. The van der Waals surface area contributed by atoms with Crippen LogP contribution in [0.3, 0.4) is 0 Å². The lowest BCUT2D eigenvalue weighted by Crippen LogP contribution is -2.73. The van der Waals surface area contributed by atoms with Gasteiger partial charge in [-0.25, -0.2) is 0 Å². The van der Waals surface area contributed by atoms with Crippen molar-refractivity contribution < 1.29 is 19.1 Å². The molecule has 3 saturated heterocycles. The van der Waals surface area contributed by atoms with Crippen LogP contribution in [0.15, 0.2) is 78.9 Å². The Kier molecular flexibility index (Phi) is 7.99. The molecule has 3 atom stereocenters. The Balaban J connectivity index is 1.54. The fourth-order valence-corrected chi connectivity index (χ4v) is 8.95. The average molecular weight is 563 g/mol. The minimum Gasteiger partial charge on any atom is -0.497 e. The summed E-state index contributed by atoms with van der Waals surface area (Å²) >= 11 is 3.04. The molecular formula is C31H34N2O4S2. The lowest BCUT2D eigenvalue weighted by molar-refractivity contribution is -0.166. The first-order valence-electron chi connectivity index (χ1n) is 13.1. The van der Waals surface area contributed by atoms with Gasteiger partial charge in [0.1, 0.15) is 5.75 Å². The van der Waals surface area contributed by atoms with Crippen LogP contribution in [0.4, 0.5) is 0 Å². The number of rotatable bonds is 9. The summed E-state index contributed by atoms with van der Waals surface area (Å²) in [4.78, 5) is 29.7. The summed E-state index contributed by atoms with van der Waals surface area (Å²) in [5.74, 6) is 0.565. The van der Waals surface area contributed by atoms with E-state index in [9.17, 15) is 9.59 Å². The molecule has 3 aromatic rings. The molecule has 39 heavy (non-hydrogen) atoms. The fraction of sp³-hybridized carbons (Fsp3) is 0.355. The zero-order valence-electron chi connectivity index (χ0n) is 22.8. The van der Waals surface area contributed by atoms with Crippen LogP contribution < -0.4 is 4.74 Å². The monoisotopic (exact) mass is 562 g/mol. The fourth-order valence-electron chi connectivity index (χ4n) is 5.15. The third-order valence-corrected chi connectivity index (χ3v) is 11.1. The normalized spacial score (nSPS) is 24.7. The molecule has 0 aromatic heterocycles. The van der Waals surface area contributed by atoms with E-state index in [2.05, 4.69) is 31.2 Å². The van der Waals surface area contributed by atoms with Crippen LogP contribution in [0.25, 0.3) is 0 Å². The molecule has 3 aliphatic rings. The number of ether oxygens (including phenoxy) is 2. The number of amides is 2. The highest BCUT2D eigenvalue weighted by Gasteiger charge is 2.66. The number of piperazine rings is 1. The van der Waals surface area contributed by atoms with E-state index >= 15 is 0 Å². The molecule has 8 heteroatoms. The number of thioether (sulfide) groups is 2. The Labute approximate surface area is 239 Å². The molecule has 0 saturated carbocycles. The van der Waals surface area contributed by atoms with E-state index in [1.54, 1.807) is 42.8 Å². The molecular weight excluding hydrogens is 528 g/mol. The third-order valence-electron chi connectivity index (χ3n) is 7.64. The molecule has 3 aliphatic heterocycles.